The number of aromatic amines is 1. The summed E-state index contributed by atoms with van der Waals surface area (Å²) in [6.45, 7) is 1.05. The number of carbonyl (C=O) groups is 2. The van der Waals surface area contributed by atoms with E-state index in [1.165, 1.54) is 7.11 Å². The van der Waals surface area contributed by atoms with Crippen molar-refractivity contribution in [2.45, 2.75) is 12.8 Å². The second kappa shape index (κ2) is 7.59. The van der Waals surface area contributed by atoms with Crippen molar-refractivity contribution in [2.75, 3.05) is 25.6 Å². The maximum Gasteiger partial charge on any atom is 0.306 e. The van der Waals surface area contributed by atoms with E-state index < -0.39 is 5.97 Å². The highest BCUT2D eigenvalue weighted by atomic mass is 16.6. The molecule has 8 heteroatoms. The Kier molecular flexibility index (Phi) is 4.84. The number of carbonyl (C=O) groups excluding carboxylic acids is 2. The lowest BCUT2D eigenvalue weighted by Gasteiger charge is -2.17. The molecule has 8 nitrogen and oxygen atoms in total. The van der Waals surface area contributed by atoms with Crippen LogP contribution >= 0.6 is 0 Å². The van der Waals surface area contributed by atoms with Gasteiger partial charge in [0.1, 0.15) is 19.0 Å². The van der Waals surface area contributed by atoms with Crippen LogP contribution < -0.4 is 14.8 Å². The fourth-order valence-electron chi connectivity index (χ4n) is 2.97. The number of esters is 1. The van der Waals surface area contributed by atoms with Crippen molar-refractivity contribution >= 4 is 28.6 Å². The Hall–Kier alpha value is -3.55. The molecule has 0 fully saturated rings. The van der Waals surface area contributed by atoms with Crippen LogP contribution in [-0.4, -0.2) is 42.2 Å². The molecule has 2 heterocycles. The molecule has 2 N–H and O–H groups in total. The zero-order chi connectivity index (χ0) is 19.5. The number of aromatic nitrogens is 2. The summed E-state index contributed by atoms with van der Waals surface area (Å²) in [6, 6.07) is 11.1. The number of amides is 1. The number of nitrogens with zero attached hydrogens (tertiary/aromatic N) is 1. The average Bonchev–Trinajstić information content (AvgIpc) is 3.13. The van der Waals surface area contributed by atoms with Crippen LogP contribution in [0.5, 0.6) is 11.5 Å². The van der Waals surface area contributed by atoms with Crippen molar-refractivity contribution in [1.82, 2.24) is 9.97 Å². The van der Waals surface area contributed by atoms with Crippen LogP contribution in [0.2, 0.25) is 0 Å². The molecular weight excluding hydrogens is 362 g/mol. The van der Waals surface area contributed by atoms with E-state index in [0.717, 1.165) is 16.6 Å². The van der Waals surface area contributed by atoms with E-state index >= 15 is 0 Å². The third-order valence-corrected chi connectivity index (χ3v) is 4.35. The van der Waals surface area contributed by atoms with E-state index in [0.29, 0.717) is 36.2 Å². The van der Waals surface area contributed by atoms with Gasteiger partial charge in [-0.15, -0.1) is 0 Å². The van der Waals surface area contributed by atoms with Crippen LogP contribution in [0.3, 0.4) is 0 Å². The smallest absolute Gasteiger partial charge is 0.306 e. The SMILES string of the molecule is COC(=O)CCC(=O)Nc1cccc(-c2nc3cc4c(cc3[nH]2)OCCO4)c1. The summed E-state index contributed by atoms with van der Waals surface area (Å²) in [7, 11) is 1.30. The predicted molar refractivity (Wildman–Crippen MR) is 102 cm³/mol. The summed E-state index contributed by atoms with van der Waals surface area (Å²) in [4.78, 5) is 31.0. The standard InChI is InChI=1S/C20H19N3O5/c1-26-19(25)6-5-18(24)21-13-4-2-3-12(9-13)20-22-14-10-16-17(11-15(14)23-20)28-8-7-27-16/h2-4,9-11H,5-8H2,1H3,(H,21,24)(H,22,23). The van der Waals surface area contributed by atoms with E-state index in [1.54, 1.807) is 6.07 Å². The number of benzene rings is 2. The number of hydrogen-bond acceptors (Lipinski definition) is 6. The molecule has 0 unspecified atom stereocenters. The van der Waals surface area contributed by atoms with Crippen LogP contribution in [-0.2, 0) is 14.3 Å². The number of methoxy groups -OCH3 is 1. The van der Waals surface area contributed by atoms with Gasteiger partial charge in [-0.3, -0.25) is 9.59 Å². The van der Waals surface area contributed by atoms with Gasteiger partial charge >= 0.3 is 5.97 Å². The van der Waals surface area contributed by atoms with Gasteiger partial charge in [0.2, 0.25) is 5.91 Å². The highest BCUT2D eigenvalue weighted by Gasteiger charge is 2.15. The van der Waals surface area contributed by atoms with Gasteiger partial charge in [-0.1, -0.05) is 12.1 Å². The Labute approximate surface area is 160 Å². The van der Waals surface area contributed by atoms with Gasteiger partial charge in [0, 0.05) is 29.8 Å². The van der Waals surface area contributed by atoms with Gasteiger partial charge in [-0.2, -0.15) is 0 Å². The lowest BCUT2D eigenvalue weighted by Crippen LogP contribution is -2.15. The molecule has 0 spiro atoms. The molecule has 4 rings (SSSR count). The number of rotatable bonds is 5. The van der Waals surface area contributed by atoms with Crippen LogP contribution in [0, 0.1) is 0 Å². The van der Waals surface area contributed by atoms with E-state index in [4.69, 9.17) is 9.47 Å². The average molecular weight is 381 g/mol. The van der Waals surface area contributed by atoms with E-state index in [2.05, 4.69) is 20.0 Å². The minimum atomic E-state index is -0.415. The van der Waals surface area contributed by atoms with Gasteiger partial charge in [0.15, 0.2) is 11.5 Å². The minimum Gasteiger partial charge on any atom is -0.486 e. The number of anilines is 1. The molecule has 0 aliphatic carbocycles. The Morgan fingerprint density at radius 2 is 1.93 bits per heavy atom. The molecule has 0 saturated carbocycles. The van der Waals surface area contributed by atoms with Gasteiger partial charge < -0.3 is 24.5 Å². The van der Waals surface area contributed by atoms with Gasteiger partial charge in [0.25, 0.3) is 0 Å². The fraction of sp³-hybridized carbons (Fsp3) is 0.250. The van der Waals surface area contributed by atoms with E-state index in [9.17, 15) is 9.59 Å². The highest BCUT2D eigenvalue weighted by Crippen LogP contribution is 2.35. The third kappa shape index (κ3) is 3.75. The maximum absolute atomic E-state index is 12.0. The first-order valence-corrected chi connectivity index (χ1v) is 8.89. The minimum absolute atomic E-state index is 0.0421. The van der Waals surface area contributed by atoms with E-state index in [-0.39, 0.29) is 18.7 Å². The molecule has 28 heavy (non-hydrogen) atoms. The van der Waals surface area contributed by atoms with Crippen LogP contribution in [0.4, 0.5) is 5.69 Å². The number of fused-ring (bicyclic) bond motifs is 2. The molecule has 3 aromatic rings. The van der Waals surface area contributed by atoms with Crippen LogP contribution in [0.1, 0.15) is 12.8 Å². The Balaban J connectivity index is 1.54. The maximum atomic E-state index is 12.0. The van der Waals surface area contributed by atoms with Gasteiger partial charge in [-0.25, -0.2) is 4.98 Å². The zero-order valence-electron chi connectivity index (χ0n) is 15.3. The second-order valence-electron chi connectivity index (χ2n) is 6.30. The summed E-state index contributed by atoms with van der Waals surface area (Å²) in [5.41, 5.74) is 3.05. The molecule has 0 bridgehead atoms. The number of ether oxygens (including phenoxy) is 3. The van der Waals surface area contributed by atoms with E-state index in [1.807, 2.05) is 30.3 Å². The molecule has 0 saturated heterocycles. The first-order valence-electron chi connectivity index (χ1n) is 8.89. The topological polar surface area (TPSA) is 103 Å². The van der Waals surface area contributed by atoms with Crippen LogP contribution in [0.25, 0.3) is 22.4 Å². The first kappa shape index (κ1) is 17.8. The summed E-state index contributed by atoms with van der Waals surface area (Å²) in [5, 5.41) is 2.78. The van der Waals surface area contributed by atoms with Gasteiger partial charge in [-0.05, 0) is 12.1 Å². The molecule has 1 amide bonds. The van der Waals surface area contributed by atoms with Crippen molar-refractivity contribution in [3.63, 3.8) is 0 Å². The van der Waals surface area contributed by atoms with Crippen molar-refractivity contribution in [3.05, 3.63) is 36.4 Å². The zero-order valence-corrected chi connectivity index (χ0v) is 15.3. The van der Waals surface area contributed by atoms with Crippen molar-refractivity contribution in [2.24, 2.45) is 0 Å². The molecule has 144 valence electrons. The lowest BCUT2D eigenvalue weighted by molar-refractivity contribution is -0.141. The highest BCUT2D eigenvalue weighted by molar-refractivity contribution is 5.93. The number of hydrogen-bond donors (Lipinski definition) is 2. The molecule has 1 aliphatic rings. The number of H-pyrrole nitrogens is 1. The third-order valence-electron chi connectivity index (χ3n) is 4.35. The second-order valence-corrected chi connectivity index (χ2v) is 6.30. The Morgan fingerprint density at radius 1 is 1.14 bits per heavy atom. The Bertz CT molecular complexity index is 1000. The molecule has 0 atom stereocenters. The van der Waals surface area contributed by atoms with Gasteiger partial charge in [0.05, 0.1) is 24.6 Å². The molecule has 1 aromatic heterocycles. The molecule has 0 radical (unpaired) electrons. The van der Waals surface area contributed by atoms with Crippen LogP contribution in [0.15, 0.2) is 36.4 Å². The molecule has 1 aliphatic heterocycles. The molecule has 2 aromatic carbocycles. The summed E-state index contributed by atoms with van der Waals surface area (Å²) < 4.78 is 15.7. The summed E-state index contributed by atoms with van der Waals surface area (Å²) >= 11 is 0. The molecular formula is C20H19N3O5. The quantitative estimate of drug-likeness (QED) is 0.659. The normalized spacial score (nSPS) is 12.6. The summed E-state index contributed by atoms with van der Waals surface area (Å²) in [5.74, 6) is 1.38. The van der Waals surface area contributed by atoms with Crippen molar-refractivity contribution in [3.8, 4) is 22.9 Å². The van der Waals surface area contributed by atoms with Crippen molar-refractivity contribution < 1.29 is 23.8 Å². The first-order chi connectivity index (χ1) is 13.6. The summed E-state index contributed by atoms with van der Waals surface area (Å²) in [6.07, 6.45) is 0.105. The lowest BCUT2D eigenvalue weighted by atomic mass is 10.2. The number of nitrogens with one attached hydrogen (secondary N) is 2. The monoisotopic (exact) mass is 381 g/mol. The predicted octanol–water partition coefficient (Wildman–Crippen LogP) is 2.89. The Morgan fingerprint density at radius 3 is 2.71 bits per heavy atom. The van der Waals surface area contributed by atoms with Crippen molar-refractivity contribution in [1.29, 1.82) is 0 Å². The fourth-order valence-corrected chi connectivity index (χ4v) is 2.97. The number of imidazole rings is 1. The largest absolute Gasteiger partial charge is 0.486 e.